The van der Waals surface area contributed by atoms with Crippen LogP contribution in [-0.4, -0.2) is 46.9 Å². The number of rotatable bonds is 4. The van der Waals surface area contributed by atoms with Gasteiger partial charge in [0.05, 0.1) is 0 Å². The Morgan fingerprint density at radius 2 is 1.89 bits per heavy atom. The molecule has 0 radical (unpaired) electrons. The smallest absolute Gasteiger partial charge is 0.272 e. The number of carbonyl (C=O) groups is 1. The Balaban J connectivity index is 1.39. The third-order valence-electron chi connectivity index (χ3n) is 6.40. The van der Waals surface area contributed by atoms with Crippen LogP contribution in [-0.2, 0) is 6.54 Å². The molecule has 2 fully saturated rings. The minimum atomic E-state index is 0.0823. The highest BCUT2D eigenvalue weighted by Gasteiger charge is 2.43. The number of hydrogen-bond acceptors (Lipinski definition) is 3. The van der Waals surface area contributed by atoms with Crippen molar-refractivity contribution in [2.24, 2.45) is 5.41 Å². The van der Waals surface area contributed by atoms with Crippen molar-refractivity contribution in [2.45, 2.75) is 45.6 Å². The zero-order chi connectivity index (χ0) is 19.6. The monoisotopic (exact) mass is 377 g/mol. The van der Waals surface area contributed by atoms with E-state index in [0.29, 0.717) is 11.6 Å². The summed E-state index contributed by atoms with van der Waals surface area (Å²) in [6, 6.07) is 14.7. The molecule has 1 aromatic carbocycles. The summed E-state index contributed by atoms with van der Waals surface area (Å²) in [5, 5.41) is 0. The zero-order valence-electron chi connectivity index (χ0n) is 17.1. The molecular weight excluding hydrogens is 346 g/mol. The molecule has 4 rings (SSSR count). The molecular formula is C24H31N3O. The highest BCUT2D eigenvalue weighted by molar-refractivity contribution is 5.92. The van der Waals surface area contributed by atoms with Gasteiger partial charge in [-0.1, -0.05) is 44.2 Å². The summed E-state index contributed by atoms with van der Waals surface area (Å²) in [4.78, 5) is 21.6. The Morgan fingerprint density at radius 1 is 1.07 bits per heavy atom. The fraction of sp³-hybridized carbons (Fsp3) is 0.500. The fourth-order valence-electron chi connectivity index (χ4n) is 4.80. The molecule has 2 aliphatic rings. The third kappa shape index (κ3) is 4.12. The van der Waals surface area contributed by atoms with Crippen LogP contribution in [0, 0.1) is 5.41 Å². The summed E-state index contributed by atoms with van der Waals surface area (Å²) in [6.45, 7) is 9.45. The second-order valence-electron chi connectivity index (χ2n) is 8.90. The zero-order valence-corrected chi connectivity index (χ0v) is 17.1. The van der Waals surface area contributed by atoms with Gasteiger partial charge in [-0.05, 0) is 55.0 Å². The number of benzene rings is 1. The molecule has 4 heteroatoms. The second kappa shape index (κ2) is 8.04. The van der Waals surface area contributed by atoms with Gasteiger partial charge >= 0.3 is 0 Å². The average Bonchev–Trinajstić information content (AvgIpc) is 3.11. The minimum Gasteiger partial charge on any atom is -0.337 e. The molecule has 148 valence electrons. The molecule has 2 aromatic rings. The first-order chi connectivity index (χ1) is 13.5. The van der Waals surface area contributed by atoms with Crippen LogP contribution in [0.25, 0.3) is 0 Å². The van der Waals surface area contributed by atoms with E-state index in [-0.39, 0.29) is 11.3 Å². The van der Waals surface area contributed by atoms with Gasteiger partial charge in [0, 0.05) is 37.8 Å². The summed E-state index contributed by atoms with van der Waals surface area (Å²) in [5.41, 5.74) is 3.61. The number of hydrogen-bond donors (Lipinski definition) is 0. The van der Waals surface area contributed by atoms with Crippen LogP contribution in [0.5, 0.6) is 0 Å². The van der Waals surface area contributed by atoms with Crippen molar-refractivity contribution in [3.8, 4) is 0 Å². The molecule has 0 unspecified atom stereocenters. The SMILES string of the molecule is CC(C)c1ccc(CN2CCC[C@@]3(CCN(C(=O)c4ccccn4)C3)C2)cc1. The summed E-state index contributed by atoms with van der Waals surface area (Å²) in [7, 11) is 0. The Labute approximate surface area is 168 Å². The number of nitrogens with zero attached hydrogens (tertiary/aromatic N) is 3. The van der Waals surface area contributed by atoms with E-state index in [9.17, 15) is 4.79 Å². The first kappa shape index (κ1) is 19.1. The van der Waals surface area contributed by atoms with E-state index in [1.165, 1.54) is 24.0 Å². The van der Waals surface area contributed by atoms with Gasteiger partial charge in [-0.25, -0.2) is 0 Å². The van der Waals surface area contributed by atoms with E-state index in [1.807, 2.05) is 23.1 Å². The number of pyridine rings is 1. The maximum absolute atomic E-state index is 12.8. The van der Waals surface area contributed by atoms with E-state index in [1.54, 1.807) is 6.20 Å². The quantitative estimate of drug-likeness (QED) is 0.796. The molecule has 28 heavy (non-hydrogen) atoms. The maximum Gasteiger partial charge on any atom is 0.272 e. The lowest BCUT2D eigenvalue weighted by molar-refractivity contribution is 0.0671. The van der Waals surface area contributed by atoms with E-state index >= 15 is 0 Å². The first-order valence-electron chi connectivity index (χ1n) is 10.6. The van der Waals surface area contributed by atoms with E-state index in [0.717, 1.165) is 39.1 Å². The van der Waals surface area contributed by atoms with Crippen molar-refractivity contribution in [3.05, 3.63) is 65.5 Å². The van der Waals surface area contributed by atoms with E-state index < -0.39 is 0 Å². The van der Waals surface area contributed by atoms with Crippen molar-refractivity contribution in [1.29, 1.82) is 0 Å². The molecule has 1 spiro atoms. The normalized spacial score (nSPS) is 22.9. The number of amides is 1. The highest BCUT2D eigenvalue weighted by atomic mass is 16.2. The summed E-state index contributed by atoms with van der Waals surface area (Å²) >= 11 is 0. The molecule has 4 nitrogen and oxygen atoms in total. The van der Waals surface area contributed by atoms with Crippen LogP contribution in [0.3, 0.4) is 0 Å². The summed E-state index contributed by atoms with van der Waals surface area (Å²) in [5.74, 6) is 0.660. The van der Waals surface area contributed by atoms with Crippen LogP contribution in [0.1, 0.15) is 60.6 Å². The highest BCUT2D eigenvalue weighted by Crippen LogP contribution is 2.39. The molecule has 0 N–H and O–H groups in total. The van der Waals surface area contributed by atoms with Gasteiger partial charge in [0.15, 0.2) is 0 Å². The van der Waals surface area contributed by atoms with Gasteiger partial charge in [0.1, 0.15) is 5.69 Å². The van der Waals surface area contributed by atoms with E-state index in [2.05, 4.69) is 48.0 Å². The number of piperidine rings is 1. The van der Waals surface area contributed by atoms with Gasteiger partial charge in [0.25, 0.3) is 5.91 Å². The number of likely N-dealkylation sites (tertiary alicyclic amines) is 2. The Morgan fingerprint density at radius 3 is 2.61 bits per heavy atom. The van der Waals surface area contributed by atoms with Crippen molar-refractivity contribution < 1.29 is 4.79 Å². The van der Waals surface area contributed by atoms with Gasteiger partial charge in [-0.15, -0.1) is 0 Å². The van der Waals surface area contributed by atoms with Crippen molar-refractivity contribution in [2.75, 3.05) is 26.2 Å². The number of carbonyl (C=O) groups excluding carboxylic acids is 1. The molecule has 0 saturated carbocycles. The number of aromatic nitrogens is 1. The fourth-order valence-corrected chi connectivity index (χ4v) is 4.80. The van der Waals surface area contributed by atoms with Crippen LogP contribution in [0.15, 0.2) is 48.7 Å². The molecule has 3 heterocycles. The van der Waals surface area contributed by atoms with Crippen LogP contribution < -0.4 is 0 Å². The molecule has 2 saturated heterocycles. The lowest BCUT2D eigenvalue weighted by atomic mass is 9.79. The predicted octanol–water partition coefficient (Wildman–Crippen LogP) is 4.33. The topological polar surface area (TPSA) is 36.4 Å². The molecule has 0 aliphatic carbocycles. The first-order valence-corrected chi connectivity index (χ1v) is 10.6. The standard InChI is InChI=1S/C24H31N3O/c1-19(2)21-9-7-20(8-10-21)16-26-14-5-11-24(17-26)12-15-27(18-24)23(28)22-6-3-4-13-25-22/h3-4,6-10,13,19H,5,11-12,14-18H2,1-2H3/t24-/m1/s1. The molecule has 0 bridgehead atoms. The van der Waals surface area contributed by atoms with E-state index in [4.69, 9.17) is 0 Å². The summed E-state index contributed by atoms with van der Waals surface area (Å²) < 4.78 is 0. The second-order valence-corrected chi connectivity index (χ2v) is 8.90. The summed E-state index contributed by atoms with van der Waals surface area (Å²) in [6.07, 6.45) is 5.25. The Hall–Kier alpha value is -2.20. The molecule has 1 aromatic heterocycles. The molecule has 1 amide bonds. The average molecular weight is 378 g/mol. The van der Waals surface area contributed by atoms with Crippen LogP contribution >= 0.6 is 0 Å². The lowest BCUT2D eigenvalue weighted by Gasteiger charge is -2.40. The Kier molecular flexibility index (Phi) is 5.49. The molecule has 1 atom stereocenters. The molecule has 2 aliphatic heterocycles. The third-order valence-corrected chi connectivity index (χ3v) is 6.40. The van der Waals surface area contributed by atoms with Gasteiger partial charge in [0.2, 0.25) is 0 Å². The van der Waals surface area contributed by atoms with Gasteiger partial charge < -0.3 is 4.90 Å². The van der Waals surface area contributed by atoms with Gasteiger partial charge in [-0.2, -0.15) is 0 Å². The van der Waals surface area contributed by atoms with Crippen molar-refractivity contribution in [1.82, 2.24) is 14.8 Å². The lowest BCUT2D eigenvalue weighted by Crippen LogP contribution is -2.45. The van der Waals surface area contributed by atoms with Crippen molar-refractivity contribution >= 4 is 5.91 Å². The van der Waals surface area contributed by atoms with Crippen LogP contribution in [0.4, 0.5) is 0 Å². The van der Waals surface area contributed by atoms with Crippen molar-refractivity contribution in [3.63, 3.8) is 0 Å². The van der Waals surface area contributed by atoms with Gasteiger partial charge in [-0.3, -0.25) is 14.7 Å². The predicted molar refractivity (Wildman–Crippen MR) is 112 cm³/mol. The van der Waals surface area contributed by atoms with Crippen LogP contribution in [0.2, 0.25) is 0 Å². The Bertz CT molecular complexity index is 802. The maximum atomic E-state index is 12.8. The largest absolute Gasteiger partial charge is 0.337 e. The minimum absolute atomic E-state index is 0.0823.